The Morgan fingerprint density at radius 3 is 2.84 bits per heavy atom. The number of aliphatic hydroxyl groups excluding tert-OH is 1. The average molecular weight is 488 g/mol. The third kappa shape index (κ3) is 5.43. The average Bonchev–Trinajstić information content (AvgIpc) is 3.06. The van der Waals surface area contributed by atoms with Gasteiger partial charge in [0.05, 0.1) is 7.11 Å². The molecule has 1 atom stereocenters. The lowest BCUT2D eigenvalue weighted by atomic mass is 9.99. The van der Waals surface area contributed by atoms with Crippen molar-refractivity contribution in [2.24, 2.45) is 0 Å². The molecule has 0 spiro atoms. The van der Waals surface area contributed by atoms with E-state index in [1.165, 1.54) is 11.1 Å². The molecule has 0 aromatic heterocycles. The molecule has 0 bridgehead atoms. The summed E-state index contributed by atoms with van der Waals surface area (Å²) in [6.07, 6.45) is 3.46. The second-order valence-corrected chi connectivity index (χ2v) is 9.78. The molecular formula is C25H30BrNO4. The Hall–Kier alpha value is -2.02. The summed E-state index contributed by atoms with van der Waals surface area (Å²) in [6.45, 7) is 6.67. The van der Waals surface area contributed by atoms with E-state index in [0.717, 1.165) is 47.5 Å². The minimum absolute atomic E-state index is 0.232. The fourth-order valence-corrected chi connectivity index (χ4v) is 4.73. The van der Waals surface area contributed by atoms with Crippen LogP contribution in [-0.2, 0) is 6.42 Å². The molecule has 2 aromatic carbocycles. The highest BCUT2D eigenvalue weighted by molar-refractivity contribution is 9.10. The van der Waals surface area contributed by atoms with Crippen molar-refractivity contribution < 1.29 is 19.3 Å². The van der Waals surface area contributed by atoms with E-state index in [1.807, 2.05) is 18.2 Å². The van der Waals surface area contributed by atoms with Gasteiger partial charge in [-0.15, -0.1) is 0 Å². The van der Waals surface area contributed by atoms with Crippen LogP contribution in [0.3, 0.4) is 0 Å². The molecule has 0 saturated heterocycles. The Morgan fingerprint density at radius 1 is 1.26 bits per heavy atom. The molecule has 4 rings (SSSR count). The first-order chi connectivity index (χ1) is 14.8. The number of aliphatic hydroxyl groups is 1. The van der Waals surface area contributed by atoms with Crippen LogP contribution in [0, 0.1) is 0 Å². The van der Waals surface area contributed by atoms with Gasteiger partial charge in [-0.2, -0.15) is 0 Å². The molecule has 2 aromatic rings. The Kier molecular flexibility index (Phi) is 6.60. The highest BCUT2D eigenvalue weighted by Crippen LogP contribution is 2.43. The zero-order valence-electron chi connectivity index (χ0n) is 18.4. The SMILES string of the molecule is COc1cccc(C2=CCN(CC(O)COc3cc(Br)cc4c3OC(C)(C)C4)CC2)c1. The van der Waals surface area contributed by atoms with Crippen molar-refractivity contribution >= 4 is 21.5 Å². The van der Waals surface area contributed by atoms with Crippen LogP contribution in [0.4, 0.5) is 0 Å². The summed E-state index contributed by atoms with van der Waals surface area (Å²) in [5.74, 6) is 2.36. The lowest BCUT2D eigenvalue weighted by molar-refractivity contribution is 0.0680. The Bertz CT molecular complexity index is 972. The Balaban J connectivity index is 1.32. The zero-order valence-corrected chi connectivity index (χ0v) is 19.9. The number of β-amino-alcohol motifs (C(OH)–C–C–N with tert-alkyl or cyclic N) is 1. The normalized spacial score (nSPS) is 18.7. The topological polar surface area (TPSA) is 51.2 Å². The summed E-state index contributed by atoms with van der Waals surface area (Å²) in [5, 5.41) is 10.6. The smallest absolute Gasteiger partial charge is 0.165 e. The molecule has 166 valence electrons. The van der Waals surface area contributed by atoms with Gasteiger partial charge in [0, 0.05) is 36.1 Å². The van der Waals surface area contributed by atoms with E-state index in [2.05, 4.69) is 59.0 Å². The van der Waals surface area contributed by atoms with Crippen LogP contribution in [-0.4, -0.2) is 55.1 Å². The molecule has 0 amide bonds. The van der Waals surface area contributed by atoms with Gasteiger partial charge >= 0.3 is 0 Å². The third-order valence-corrected chi connectivity index (χ3v) is 6.18. The number of nitrogens with zero attached hydrogens (tertiary/aromatic N) is 1. The second kappa shape index (κ2) is 9.23. The van der Waals surface area contributed by atoms with Crippen molar-refractivity contribution in [1.29, 1.82) is 0 Å². The Labute approximate surface area is 192 Å². The van der Waals surface area contributed by atoms with Crippen LogP contribution in [0.1, 0.15) is 31.4 Å². The summed E-state index contributed by atoms with van der Waals surface area (Å²) < 4.78 is 18.4. The minimum atomic E-state index is -0.573. The van der Waals surface area contributed by atoms with Crippen LogP contribution in [0.2, 0.25) is 0 Å². The quantitative estimate of drug-likeness (QED) is 0.613. The number of benzene rings is 2. The molecule has 2 aliphatic rings. The van der Waals surface area contributed by atoms with E-state index in [-0.39, 0.29) is 12.2 Å². The molecule has 2 heterocycles. The summed E-state index contributed by atoms with van der Waals surface area (Å²) in [6, 6.07) is 12.2. The molecule has 1 N–H and O–H groups in total. The predicted octanol–water partition coefficient (Wildman–Crippen LogP) is 4.70. The number of fused-ring (bicyclic) bond motifs is 1. The lowest BCUT2D eigenvalue weighted by Crippen LogP contribution is -2.38. The molecule has 0 aliphatic carbocycles. The van der Waals surface area contributed by atoms with E-state index in [9.17, 15) is 5.11 Å². The molecule has 0 fully saturated rings. The fraction of sp³-hybridized carbons (Fsp3) is 0.440. The highest BCUT2D eigenvalue weighted by Gasteiger charge is 2.33. The molecule has 5 nitrogen and oxygen atoms in total. The maximum Gasteiger partial charge on any atom is 0.165 e. The first-order valence-corrected chi connectivity index (χ1v) is 11.5. The van der Waals surface area contributed by atoms with Crippen molar-refractivity contribution in [3.8, 4) is 17.2 Å². The van der Waals surface area contributed by atoms with Crippen LogP contribution in [0.15, 0.2) is 46.9 Å². The molecule has 2 aliphatic heterocycles. The van der Waals surface area contributed by atoms with Gasteiger partial charge in [-0.3, -0.25) is 4.90 Å². The third-order valence-electron chi connectivity index (χ3n) is 5.73. The first kappa shape index (κ1) is 22.2. The molecule has 0 saturated carbocycles. The van der Waals surface area contributed by atoms with Gasteiger partial charge in [0.2, 0.25) is 0 Å². The van der Waals surface area contributed by atoms with Crippen LogP contribution in [0.25, 0.3) is 5.57 Å². The van der Waals surface area contributed by atoms with Gasteiger partial charge in [-0.05, 0) is 55.7 Å². The van der Waals surface area contributed by atoms with Gasteiger partial charge in [0.1, 0.15) is 24.1 Å². The number of hydrogen-bond acceptors (Lipinski definition) is 5. The van der Waals surface area contributed by atoms with E-state index < -0.39 is 6.10 Å². The van der Waals surface area contributed by atoms with Crippen LogP contribution in [0.5, 0.6) is 17.2 Å². The van der Waals surface area contributed by atoms with Crippen molar-refractivity contribution in [3.05, 3.63) is 58.1 Å². The van der Waals surface area contributed by atoms with E-state index in [1.54, 1.807) is 7.11 Å². The van der Waals surface area contributed by atoms with E-state index >= 15 is 0 Å². The van der Waals surface area contributed by atoms with Gasteiger partial charge < -0.3 is 19.3 Å². The zero-order chi connectivity index (χ0) is 22.0. The highest BCUT2D eigenvalue weighted by atomic mass is 79.9. The number of ether oxygens (including phenoxy) is 3. The number of methoxy groups -OCH3 is 1. The van der Waals surface area contributed by atoms with Crippen LogP contribution < -0.4 is 14.2 Å². The Morgan fingerprint density at radius 2 is 2.10 bits per heavy atom. The maximum atomic E-state index is 10.6. The number of hydrogen-bond donors (Lipinski definition) is 1. The molecule has 0 radical (unpaired) electrons. The monoisotopic (exact) mass is 487 g/mol. The second-order valence-electron chi connectivity index (χ2n) is 8.87. The summed E-state index contributed by atoms with van der Waals surface area (Å²) >= 11 is 3.55. The van der Waals surface area contributed by atoms with Gasteiger partial charge in [-0.1, -0.05) is 34.1 Å². The molecule has 31 heavy (non-hydrogen) atoms. The lowest BCUT2D eigenvalue weighted by Gasteiger charge is -2.28. The largest absolute Gasteiger partial charge is 0.497 e. The van der Waals surface area contributed by atoms with Crippen molar-refractivity contribution in [3.63, 3.8) is 0 Å². The summed E-state index contributed by atoms with van der Waals surface area (Å²) in [5.41, 5.74) is 3.43. The standard InChI is InChI=1S/C25H30BrNO4/c1-25(2)14-19-11-20(26)13-23(24(19)31-25)30-16-21(28)15-27-9-7-17(8-10-27)18-5-4-6-22(12-18)29-3/h4-7,11-13,21,28H,8-10,14-16H2,1-3H3. The number of rotatable bonds is 7. The fourth-order valence-electron chi connectivity index (χ4n) is 4.25. The van der Waals surface area contributed by atoms with E-state index in [0.29, 0.717) is 12.3 Å². The molecule has 6 heteroatoms. The van der Waals surface area contributed by atoms with Gasteiger partial charge in [-0.25, -0.2) is 0 Å². The number of halogens is 1. The van der Waals surface area contributed by atoms with E-state index in [4.69, 9.17) is 14.2 Å². The molecule has 1 unspecified atom stereocenters. The maximum absolute atomic E-state index is 10.6. The van der Waals surface area contributed by atoms with Gasteiger partial charge in [0.25, 0.3) is 0 Å². The van der Waals surface area contributed by atoms with Crippen molar-refractivity contribution in [1.82, 2.24) is 4.90 Å². The van der Waals surface area contributed by atoms with Gasteiger partial charge in [0.15, 0.2) is 11.5 Å². The predicted molar refractivity (Wildman–Crippen MR) is 126 cm³/mol. The summed E-state index contributed by atoms with van der Waals surface area (Å²) in [4.78, 5) is 2.25. The first-order valence-electron chi connectivity index (χ1n) is 10.7. The summed E-state index contributed by atoms with van der Waals surface area (Å²) in [7, 11) is 1.69. The van der Waals surface area contributed by atoms with Crippen LogP contribution >= 0.6 is 15.9 Å². The minimum Gasteiger partial charge on any atom is -0.497 e. The van der Waals surface area contributed by atoms with Crippen molar-refractivity contribution in [2.45, 2.75) is 38.4 Å². The molecular weight excluding hydrogens is 458 g/mol. The van der Waals surface area contributed by atoms with Crippen molar-refractivity contribution in [2.75, 3.05) is 33.4 Å².